The number of nitrogens with two attached hydrogens (primary N) is 1. The maximum atomic E-state index is 9.47. The lowest BCUT2D eigenvalue weighted by Gasteiger charge is -2.16. The van der Waals surface area contributed by atoms with Gasteiger partial charge in [-0.15, -0.1) is 0 Å². The number of rotatable bonds is 7. The molecule has 0 aliphatic rings. The first-order chi connectivity index (χ1) is 7.12. The zero-order chi connectivity index (χ0) is 12.1. The lowest BCUT2D eigenvalue weighted by Crippen LogP contribution is -2.24. The Bertz CT molecular complexity index is 157. The molecule has 0 aliphatic heterocycles. The van der Waals surface area contributed by atoms with E-state index < -0.39 is 5.91 Å². The minimum absolute atomic E-state index is 0.481. The highest BCUT2D eigenvalue weighted by Gasteiger charge is 1.96. The molecule has 0 saturated carbocycles. The van der Waals surface area contributed by atoms with Crippen molar-refractivity contribution in [1.82, 2.24) is 4.90 Å². The van der Waals surface area contributed by atoms with Gasteiger partial charge in [0.1, 0.15) is 0 Å². The van der Waals surface area contributed by atoms with E-state index in [4.69, 9.17) is 4.74 Å². The molecule has 0 heterocycles. The van der Waals surface area contributed by atoms with Crippen LogP contribution in [0.5, 0.6) is 0 Å². The van der Waals surface area contributed by atoms with Crippen LogP contribution >= 0.6 is 0 Å². The van der Waals surface area contributed by atoms with Gasteiger partial charge in [-0.2, -0.15) is 0 Å². The summed E-state index contributed by atoms with van der Waals surface area (Å²) in [6, 6.07) is 0. The number of amides is 1. The summed E-state index contributed by atoms with van der Waals surface area (Å²) in [5.41, 5.74) is 4.53. The molecule has 4 nitrogen and oxygen atoms in total. The Morgan fingerprint density at radius 1 is 1.47 bits per heavy atom. The number of primary amides is 1. The summed E-state index contributed by atoms with van der Waals surface area (Å²) in [5, 5.41) is 0. The van der Waals surface area contributed by atoms with Crippen molar-refractivity contribution in [1.29, 1.82) is 0 Å². The number of carbonyl (C=O) groups is 1. The van der Waals surface area contributed by atoms with Crippen LogP contribution in [0, 0.1) is 0 Å². The average Bonchev–Trinajstić information content (AvgIpc) is 2.25. The van der Waals surface area contributed by atoms with Crippen LogP contribution in [0.4, 0.5) is 0 Å². The average molecular weight is 216 g/mol. The molecule has 0 rings (SSSR count). The predicted molar refractivity (Wildman–Crippen MR) is 63.7 cm³/mol. The Hall–Kier alpha value is -0.870. The largest absolute Gasteiger partial charge is 0.385 e. The van der Waals surface area contributed by atoms with Crippen LogP contribution in [0.1, 0.15) is 20.3 Å². The van der Waals surface area contributed by atoms with Crippen LogP contribution in [0.15, 0.2) is 12.7 Å². The Labute approximate surface area is 93.1 Å². The molecule has 0 fully saturated rings. The topological polar surface area (TPSA) is 55.6 Å². The third-order valence-electron chi connectivity index (χ3n) is 1.92. The molecule has 0 unspecified atom stereocenters. The second-order valence-corrected chi connectivity index (χ2v) is 2.98. The fourth-order valence-corrected chi connectivity index (χ4v) is 0.972. The van der Waals surface area contributed by atoms with Gasteiger partial charge in [-0.25, -0.2) is 0 Å². The van der Waals surface area contributed by atoms with Gasteiger partial charge in [0.2, 0.25) is 5.91 Å². The van der Waals surface area contributed by atoms with E-state index in [0.717, 1.165) is 32.2 Å². The van der Waals surface area contributed by atoms with Gasteiger partial charge in [0, 0.05) is 20.3 Å². The summed E-state index contributed by atoms with van der Waals surface area (Å²) >= 11 is 0. The Morgan fingerprint density at radius 3 is 2.20 bits per heavy atom. The van der Waals surface area contributed by atoms with Crippen molar-refractivity contribution in [3.8, 4) is 0 Å². The summed E-state index contributed by atoms with van der Waals surface area (Å²) in [6.45, 7) is 11.8. The molecule has 0 radical (unpaired) electrons. The summed E-state index contributed by atoms with van der Waals surface area (Å²) in [5.74, 6) is -0.481. The van der Waals surface area contributed by atoms with E-state index in [1.54, 1.807) is 7.11 Å². The molecule has 0 bridgehead atoms. The van der Waals surface area contributed by atoms with E-state index in [1.165, 1.54) is 6.54 Å². The third kappa shape index (κ3) is 15.9. The molecular formula is C11H24N2O2. The highest BCUT2D eigenvalue weighted by Crippen LogP contribution is 1.89. The molecular weight excluding hydrogens is 192 g/mol. The zero-order valence-electron chi connectivity index (χ0n) is 10.2. The number of hydrogen-bond donors (Lipinski definition) is 1. The first-order valence-corrected chi connectivity index (χ1v) is 5.25. The fourth-order valence-electron chi connectivity index (χ4n) is 0.972. The van der Waals surface area contributed by atoms with Crippen molar-refractivity contribution >= 4 is 5.91 Å². The Morgan fingerprint density at radius 2 is 1.93 bits per heavy atom. The van der Waals surface area contributed by atoms with Crippen molar-refractivity contribution in [2.45, 2.75) is 20.3 Å². The second-order valence-electron chi connectivity index (χ2n) is 2.98. The van der Waals surface area contributed by atoms with E-state index in [0.29, 0.717) is 0 Å². The van der Waals surface area contributed by atoms with Crippen LogP contribution in [-0.2, 0) is 9.53 Å². The SMILES string of the molecule is C=CC(N)=O.CCN(CC)CCCOC. The van der Waals surface area contributed by atoms with Gasteiger partial charge in [-0.3, -0.25) is 4.79 Å². The van der Waals surface area contributed by atoms with Crippen LogP contribution in [0.3, 0.4) is 0 Å². The highest BCUT2D eigenvalue weighted by molar-refractivity contribution is 5.84. The van der Waals surface area contributed by atoms with Crippen molar-refractivity contribution in [3.63, 3.8) is 0 Å². The molecule has 0 atom stereocenters. The van der Waals surface area contributed by atoms with Gasteiger partial charge < -0.3 is 15.4 Å². The molecule has 0 saturated heterocycles. The number of methoxy groups -OCH3 is 1. The summed E-state index contributed by atoms with van der Waals surface area (Å²) in [7, 11) is 1.75. The van der Waals surface area contributed by atoms with Gasteiger partial charge in [0.15, 0.2) is 0 Å². The fraction of sp³-hybridized carbons (Fsp3) is 0.727. The first kappa shape index (κ1) is 16.6. The zero-order valence-corrected chi connectivity index (χ0v) is 10.2. The van der Waals surface area contributed by atoms with Crippen molar-refractivity contribution in [2.24, 2.45) is 5.73 Å². The van der Waals surface area contributed by atoms with Crippen LogP contribution in [0.25, 0.3) is 0 Å². The Kier molecular flexibility index (Phi) is 14.5. The van der Waals surface area contributed by atoms with Crippen molar-refractivity contribution in [3.05, 3.63) is 12.7 Å². The molecule has 0 spiro atoms. The number of ether oxygens (including phenoxy) is 1. The highest BCUT2D eigenvalue weighted by atomic mass is 16.5. The summed E-state index contributed by atoms with van der Waals surface area (Å²) < 4.78 is 4.95. The lowest BCUT2D eigenvalue weighted by molar-refractivity contribution is -0.113. The quantitative estimate of drug-likeness (QED) is 0.510. The predicted octanol–water partition coefficient (Wildman–Crippen LogP) is 1.02. The van der Waals surface area contributed by atoms with Gasteiger partial charge in [0.25, 0.3) is 0 Å². The van der Waals surface area contributed by atoms with Crippen LogP contribution in [0.2, 0.25) is 0 Å². The monoisotopic (exact) mass is 216 g/mol. The minimum Gasteiger partial charge on any atom is -0.385 e. The molecule has 0 aromatic rings. The maximum Gasteiger partial charge on any atom is 0.240 e. The second kappa shape index (κ2) is 13.1. The maximum absolute atomic E-state index is 9.47. The Balaban J connectivity index is 0. The van der Waals surface area contributed by atoms with E-state index >= 15 is 0 Å². The smallest absolute Gasteiger partial charge is 0.240 e. The van der Waals surface area contributed by atoms with Gasteiger partial charge >= 0.3 is 0 Å². The van der Waals surface area contributed by atoms with E-state index in [-0.39, 0.29) is 0 Å². The van der Waals surface area contributed by atoms with Gasteiger partial charge in [-0.1, -0.05) is 20.4 Å². The first-order valence-electron chi connectivity index (χ1n) is 5.25. The molecule has 2 N–H and O–H groups in total. The molecule has 90 valence electrons. The summed E-state index contributed by atoms with van der Waals surface area (Å²) in [6.07, 6.45) is 2.21. The van der Waals surface area contributed by atoms with Crippen LogP contribution in [-0.4, -0.2) is 44.2 Å². The van der Waals surface area contributed by atoms with Gasteiger partial charge in [-0.05, 0) is 25.6 Å². The number of carbonyl (C=O) groups excluding carboxylic acids is 1. The number of hydrogen-bond acceptors (Lipinski definition) is 3. The standard InChI is InChI=1S/C8H19NO.C3H5NO/c1-4-9(5-2)7-6-8-10-3;1-2-3(4)5/h4-8H2,1-3H3;2H,1H2,(H2,4,5). The molecule has 0 aromatic carbocycles. The number of nitrogens with zero attached hydrogens (tertiary/aromatic N) is 1. The molecule has 1 amide bonds. The van der Waals surface area contributed by atoms with E-state index in [9.17, 15) is 4.79 Å². The molecule has 4 heteroatoms. The molecule has 0 aliphatic carbocycles. The van der Waals surface area contributed by atoms with Crippen molar-refractivity contribution in [2.75, 3.05) is 33.4 Å². The van der Waals surface area contributed by atoms with Crippen LogP contribution < -0.4 is 5.73 Å². The summed E-state index contributed by atoms with van der Waals surface area (Å²) in [4.78, 5) is 11.9. The molecule has 0 aromatic heterocycles. The van der Waals surface area contributed by atoms with E-state index in [2.05, 4.69) is 31.1 Å². The van der Waals surface area contributed by atoms with Gasteiger partial charge in [0.05, 0.1) is 0 Å². The lowest BCUT2D eigenvalue weighted by atomic mass is 10.4. The normalized spacial score (nSPS) is 9.33. The molecule has 15 heavy (non-hydrogen) atoms. The van der Waals surface area contributed by atoms with Crippen molar-refractivity contribution < 1.29 is 9.53 Å². The third-order valence-corrected chi connectivity index (χ3v) is 1.92. The van der Waals surface area contributed by atoms with E-state index in [1.807, 2.05) is 0 Å². The minimum atomic E-state index is -0.481.